The molecule has 9 heteroatoms. The minimum Gasteiger partial charge on any atom is -0.491 e. The molecule has 0 bridgehead atoms. The number of aromatic nitrogens is 2. The summed E-state index contributed by atoms with van der Waals surface area (Å²) in [7, 11) is 1.83. The Labute approximate surface area is 199 Å². The number of nitrogens with zero attached hydrogens (tertiary/aromatic N) is 4. The van der Waals surface area contributed by atoms with Gasteiger partial charge >= 0.3 is 0 Å². The molecule has 0 N–H and O–H groups in total. The number of benzene rings is 1. The van der Waals surface area contributed by atoms with Crippen molar-refractivity contribution in [2.75, 3.05) is 32.7 Å². The first kappa shape index (κ1) is 24.6. The summed E-state index contributed by atoms with van der Waals surface area (Å²) in [5.74, 6) is 0.745. The Morgan fingerprint density at radius 3 is 2.59 bits per heavy atom. The number of morpholine rings is 1. The van der Waals surface area contributed by atoms with Gasteiger partial charge in [-0.25, -0.2) is 8.78 Å². The highest BCUT2D eigenvalue weighted by molar-refractivity contribution is 5.94. The number of halogens is 2. The van der Waals surface area contributed by atoms with Gasteiger partial charge in [-0.1, -0.05) is 0 Å². The predicted molar refractivity (Wildman–Crippen MR) is 124 cm³/mol. The number of hydrogen-bond donors (Lipinski definition) is 0. The van der Waals surface area contributed by atoms with E-state index in [0.29, 0.717) is 44.6 Å². The number of aryl methyl sites for hydroxylation is 2. The molecule has 2 fully saturated rings. The smallest absolute Gasteiger partial charge is 0.253 e. The number of piperidine rings is 1. The minimum absolute atomic E-state index is 0.0319. The van der Waals surface area contributed by atoms with E-state index in [9.17, 15) is 13.6 Å². The lowest BCUT2D eigenvalue weighted by atomic mass is 9.88. The van der Waals surface area contributed by atoms with Crippen molar-refractivity contribution in [3.05, 3.63) is 47.3 Å². The number of likely N-dealkylation sites (tertiary alicyclic amines) is 1. The molecule has 34 heavy (non-hydrogen) atoms. The average molecular weight is 477 g/mol. The number of hydrogen-bond acceptors (Lipinski definition) is 5. The molecule has 1 amide bonds. The Kier molecular flexibility index (Phi) is 7.23. The maximum Gasteiger partial charge on any atom is 0.253 e. The number of carbonyl (C=O) groups excluding carboxylic acids is 1. The van der Waals surface area contributed by atoms with E-state index in [1.807, 2.05) is 57.1 Å². The number of rotatable bonds is 6. The largest absolute Gasteiger partial charge is 0.491 e. The molecular weight excluding hydrogens is 442 g/mol. The highest BCUT2D eigenvalue weighted by Gasteiger charge is 2.45. The van der Waals surface area contributed by atoms with Crippen LogP contribution in [0.3, 0.4) is 0 Å². The van der Waals surface area contributed by atoms with E-state index in [2.05, 4.69) is 5.10 Å². The van der Waals surface area contributed by atoms with Crippen molar-refractivity contribution < 1.29 is 23.0 Å². The summed E-state index contributed by atoms with van der Waals surface area (Å²) in [5, 5.41) is 4.44. The molecule has 0 aliphatic carbocycles. The molecule has 1 aromatic heterocycles. The van der Waals surface area contributed by atoms with Gasteiger partial charge in [-0.2, -0.15) is 5.10 Å². The third-order valence-corrected chi connectivity index (χ3v) is 6.53. The van der Waals surface area contributed by atoms with Crippen LogP contribution in [-0.2, 0) is 11.8 Å². The number of carbonyl (C=O) groups is 1. The van der Waals surface area contributed by atoms with Crippen LogP contribution in [-0.4, -0.2) is 76.3 Å². The first-order valence-corrected chi connectivity index (χ1v) is 11.9. The van der Waals surface area contributed by atoms with E-state index in [1.165, 1.54) is 0 Å². The molecule has 2 aromatic rings. The molecule has 7 nitrogen and oxygen atoms in total. The normalized spacial score (nSPS) is 20.9. The summed E-state index contributed by atoms with van der Waals surface area (Å²) in [5.41, 5.74) is 1.72. The van der Waals surface area contributed by atoms with Gasteiger partial charge in [-0.3, -0.25) is 14.4 Å². The third kappa shape index (κ3) is 5.58. The van der Waals surface area contributed by atoms with Crippen molar-refractivity contribution in [3.63, 3.8) is 0 Å². The topological polar surface area (TPSA) is 59.8 Å². The maximum atomic E-state index is 13.2. The SMILES string of the molecule is Cc1cc(C(=O)N2CCC3(CC2)CN(CC(F)F)CC(c2ccn(C)n2)O3)ccc1OC(C)C. The summed E-state index contributed by atoms with van der Waals surface area (Å²) >= 11 is 0. The molecule has 1 spiro atoms. The van der Waals surface area contributed by atoms with Gasteiger partial charge in [0.25, 0.3) is 12.3 Å². The van der Waals surface area contributed by atoms with Crippen LogP contribution < -0.4 is 4.74 Å². The summed E-state index contributed by atoms with van der Waals surface area (Å²) in [6.45, 7) is 7.43. The lowest BCUT2D eigenvalue weighted by molar-refractivity contribution is -0.181. The zero-order chi connectivity index (χ0) is 24.5. The zero-order valence-corrected chi connectivity index (χ0v) is 20.3. The second-order valence-electron chi connectivity index (χ2n) is 9.73. The van der Waals surface area contributed by atoms with Crippen LogP contribution in [0.4, 0.5) is 8.78 Å². The fourth-order valence-corrected chi connectivity index (χ4v) is 4.92. The van der Waals surface area contributed by atoms with Gasteiger partial charge in [0.1, 0.15) is 11.9 Å². The lowest BCUT2D eigenvalue weighted by Crippen LogP contribution is -2.58. The molecule has 2 aliphatic rings. The fraction of sp³-hybridized carbons (Fsp3) is 0.600. The summed E-state index contributed by atoms with van der Waals surface area (Å²) in [6, 6.07) is 7.38. The van der Waals surface area contributed by atoms with Crippen molar-refractivity contribution >= 4 is 5.91 Å². The van der Waals surface area contributed by atoms with Crippen molar-refractivity contribution in [1.29, 1.82) is 0 Å². The minimum atomic E-state index is -2.41. The molecule has 2 aliphatic heterocycles. The number of amides is 1. The van der Waals surface area contributed by atoms with Gasteiger partial charge in [0.2, 0.25) is 0 Å². The zero-order valence-electron chi connectivity index (χ0n) is 20.3. The molecule has 0 saturated carbocycles. The molecule has 1 atom stereocenters. The van der Waals surface area contributed by atoms with Crippen LogP contribution in [0, 0.1) is 6.92 Å². The third-order valence-electron chi connectivity index (χ3n) is 6.53. The van der Waals surface area contributed by atoms with Crippen molar-refractivity contribution in [1.82, 2.24) is 19.6 Å². The van der Waals surface area contributed by atoms with Crippen LogP contribution in [0.2, 0.25) is 0 Å². The first-order valence-electron chi connectivity index (χ1n) is 11.9. The van der Waals surface area contributed by atoms with Gasteiger partial charge in [0.15, 0.2) is 0 Å². The highest BCUT2D eigenvalue weighted by atomic mass is 19.3. The van der Waals surface area contributed by atoms with Crippen LogP contribution in [0.5, 0.6) is 5.75 Å². The van der Waals surface area contributed by atoms with Crippen LogP contribution in [0.1, 0.15) is 54.4 Å². The molecular formula is C25H34F2N4O3. The second kappa shape index (κ2) is 10.00. The van der Waals surface area contributed by atoms with Gasteiger partial charge in [-0.05, 0) is 63.4 Å². The Bertz CT molecular complexity index is 1000. The van der Waals surface area contributed by atoms with Crippen LogP contribution in [0.25, 0.3) is 0 Å². The summed E-state index contributed by atoms with van der Waals surface area (Å²) in [6.07, 6.45) is 0.302. The molecule has 3 heterocycles. The van der Waals surface area contributed by atoms with E-state index in [1.54, 1.807) is 15.6 Å². The molecule has 186 valence electrons. The van der Waals surface area contributed by atoms with Crippen LogP contribution in [0.15, 0.2) is 30.5 Å². The quantitative estimate of drug-likeness (QED) is 0.634. The highest BCUT2D eigenvalue weighted by Crippen LogP contribution is 2.38. The number of alkyl halides is 2. The first-order chi connectivity index (χ1) is 16.1. The molecule has 1 aromatic carbocycles. The Balaban J connectivity index is 1.45. The van der Waals surface area contributed by atoms with Gasteiger partial charge in [-0.15, -0.1) is 0 Å². The average Bonchev–Trinajstić information content (AvgIpc) is 3.21. The number of ether oxygens (including phenoxy) is 2. The second-order valence-corrected chi connectivity index (χ2v) is 9.73. The molecule has 1 unspecified atom stereocenters. The van der Waals surface area contributed by atoms with Gasteiger partial charge in [0, 0.05) is 45.0 Å². The van der Waals surface area contributed by atoms with E-state index >= 15 is 0 Å². The van der Waals surface area contributed by atoms with Gasteiger partial charge < -0.3 is 14.4 Å². The molecule has 4 rings (SSSR count). The fourth-order valence-electron chi connectivity index (χ4n) is 4.92. The maximum absolute atomic E-state index is 13.2. The predicted octanol–water partition coefficient (Wildman–Crippen LogP) is 3.83. The van der Waals surface area contributed by atoms with Crippen molar-refractivity contribution in [2.24, 2.45) is 7.05 Å². The standard InChI is InChI=1S/C25H34F2N4O3/c1-17(2)33-21-6-5-19(13-18(21)3)24(32)31-11-8-25(9-12-31)16-30(15-23(26)27)14-22(34-25)20-7-10-29(4)28-20/h5-7,10,13,17,22-23H,8-9,11-12,14-16H2,1-4H3. The van der Waals surface area contributed by atoms with Crippen LogP contribution >= 0.6 is 0 Å². The van der Waals surface area contributed by atoms with E-state index in [4.69, 9.17) is 9.47 Å². The molecule has 0 radical (unpaired) electrons. The van der Waals surface area contributed by atoms with E-state index < -0.39 is 12.0 Å². The Hall–Kier alpha value is -2.52. The van der Waals surface area contributed by atoms with Gasteiger partial charge in [0.05, 0.1) is 23.9 Å². The molecule has 2 saturated heterocycles. The summed E-state index contributed by atoms with van der Waals surface area (Å²) in [4.78, 5) is 16.8. The lowest BCUT2D eigenvalue weighted by Gasteiger charge is -2.49. The van der Waals surface area contributed by atoms with Crippen molar-refractivity contribution in [2.45, 2.75) is 57.8 Å². The Morgan fingerprint density at radius 2 is 2.00 bits per heavy atom. The van der Waals surface area contributed by atoms with Crippen molar-refractivity contribution in [3.8, 4) is 5.75 Å². The van der Waals surface area contributed by atoms with E-state index in [-0.39, 0.29) is 24.7 Å². The summed E-state index contributed by atoms with van der Waals surface area (Å²) < 4.78 is 40.4. The Morgan fingerprint density at radius 1 is 1.26 bits per heavy atom. The monoisotopic (exact) mass is 476 g/mol. The van der Waals surface area contributed by atoms with E-state index in [0.717, 1.165) is 17.0 Å².